The van der Waals surface area contributed by atoms with Crippen LogP contribution < -0.4 is 5.32 Å². The van der Waals surface area contributed by atoms with Crippen LogP contribution in [0.2, 0.25) is 0 Å². The van der Waals surface area contributed by atoms with Gasteiger partial charge in [0.1, 0.15) is 12.9 Å². The second-order valence-electron chi connectivity index (χ2n) is 5.85. The lowest BCUT2D eigenvalue weighted by Crippen LogP contribution is -2.38. The molecular weight excluding hydrogens is 408 g/mol. The molecule has 0 atom stereocenters. The topological polar surface area (TPSA) is 77.1 Å². The Morgan fingerprint density at radius 2 is 1.56 bits per heavy atom. The van der Waals surface area contributed by atoms with Crippen LogP contribution in [-0.4, -0.2) is 76.0 Å². The molecule has 0 bridgehead atoms. The largest absolute Gasteiger partial charge is 0.377 e. The van der Waals surface area contributed by atoms with Crippen LogP contribution in [0.15, 0.2) is 0 Å². The van der Waals surface area contributed by atoms with E-state index < -0.39 is 0 Å². The highest BCUT2D eigenvalue weighted by Gasteiger charge is 2.25. The van der Waals surface area contributed by atoms with E-state index in [1.807, 2.05) is 0 Å². The summed E-state index contributed by atoms with van der Waals surface area (Å²) in [5.41, 5.74) is 0. The van der Waals surface area contributed by atoms with Gasteiger partial charge in [0.05, 0.1) is 39.6 Å². The molecular formula is C17H26N2O5S3. The van der Waals surface area contributed by atoms with Crippen molar-refractivity contribution in [2.75, 3.05) is 59.3 Å². The molecule has 0 radical (unpaired) electrons. The maximum Gasteiger partial charge on any atom is 0.265 e. The number of hydrogen-bond donors (Lipinski definition) is 1. The average molecular weight is 435 g/mol. The Kier molecular flexibility index (Phi) is 10.4. The predicted octanol–water partition coefficient (Wildman–Crippen LogP) is 2.57. The summed E-state index contributed by atoms with van der Waals surface area (Å²) in [6, 6.07) is 0. The van der Waals surface area contributed by atoms with E-state index in [1.54, 1.807) is 4.90 Å². The van der Waals surface area contributed by atoms with Crippen LogP contribution in [-0.2, 0) is 14.2 Å². The molecule has 1 saturated heterocycles. The highest BCUT2D eigenvalue weighted by atomic mass is 32.2. The third-order valence-electron chi connectivity index (χ3n) is 3.84. The van der Waals surface area contributed by atoms with Gasteiger partial charge in [-0.3, -0.25) is 9.59 Å². The summed E-state index contributed by atoms with van der Waals surface area (Å²) < 4.78 is 17.0. The lowest BCUT2D eigenvalue weighted by molar-refractivity contribution is -0.00428. The Labute approximate surface area is 172 Å². The Morgan fingerprint density at radius 1 is 1.00 bits per heavy atom. The predicted molar refractivity (Wildman–Crippen MR) is 109 cm³/mol. The molecule has 0 unspecified atom stereocenters. The van der Waals surface area contributed by atoms with Crippen LogP contribution in [0.3, 0.4) is 0 Å². The van der Waals surface area contributed by atoms with Gasteiger partial charge in [0.25, 0.3) is 11.8 Å². The van der Waals surface area contributed by atoms with E-state index in [2.05, 4.69) is 12.2 Å². The summed E-state index contributed by atoms with van der Waals surface area (Å²) in [7, 11) is 0. The van der Waals surface area contributed by atoms with Gasteiger partial charge >= 0.3 is 0 Å². The van der Waals surface area contributed by atoms with Gasteiger partial charge in [-0.1, -0.05) is 25.6 Å². The fraction of sp³-hybridized carbons (Fsp3) is 0.706. The fourth-order valence-electron chi connectivity index (χ4n) is 2.38. The van der Waals surface area contributed by atoms with Crippen LogP contribution in [0.1, 0.15) is 39.1 Å². The van der Waals surface area contributed by atoms with Gasteiger partial charge in [-0.15, -0.1) is 22.7 Å². The molecule has 2 amide bonds. The van der Waals surface area contributed by atoms with Gasteiger partial charge in [0.2, 0.25) is 0 Å². The summed E-state index contributed by atoms with van der Waals surface area (Å²) in [6.07, 6.45) is 1.89. The number of carbonyl (C=O) groups is 2. The summed E-state index contributed by atoms with van der Waals surface area (Å²) in [6.45, 7) is 6.27. The summed E-state index contributed by atoms with van der Waals surface area (Å²) in [5, 5.41) is 2.87. The minimum atomic E-state index is -0.233. The van der Waals surface area contributed by atoms with Crippen molar-refractivity contribution >= 4 is 46.7 Å². The number of amides is 2. The smallest absolute Gasteiger partial charge is 0.265 e. The van der Waals surface area contributed by atoms with Gasteiger partial charge in [0, 0.05) is 19.6 Å². The molecule has 0 saturated carbocycles. The van der Waals surface area contributed by atoms with Crippen LogP contribution in [0.4, 0.5) is 0 Å². The Morgan fingerprint density at radius 3 is 2.15 bits per heavy atom. The standard InChI is InChI=1S/C17H26N2O5S3/c1-2-3-4-18-15(20)13-14(27-17(25)26-13)16(21)19-5-7-22-9-11-24-12-10-23-8-6-19/h2-12H2,1H3,(H,18,20). The van der Waals surface area contributed by atoms with Crippen molar-refractivity contribution in [3.8, 4) is 0 Å². The zero-order valence-electron chi connectivity index (χ0n) is 15.5. The highest BCUT2D eigenvalue weighted by molar-refractivity contribution is 7.76. The number of ether oxygens (including phenoxy) is 3. The molecule has 0 spiro atoms. The maximum atomic E-state index is 13.1. The number of unbranched alkanes of at least 4 members (excludes halogenated alkanes) is 1. The molecule has 152 valence electrons. The maximum absolute atomic E-state index is 13.1. The molecule has 2 heterocycles. The Bertz CT molecular complexity index is 649. The number of carbonyl (C=O) groups excluding carboxylic acids is 2. The van der Waals surface area contributed by atoms with Crippen LogP contribution in [0.25, 0.3) is 0 Å². The first-order chi connectivity index (χ1) is 13.1. The molecule has 1 aromatic heterocycles. The molecule has 1 aromatic rings. The normalized spacial score (nSPS) is 17.0. The molecule has 1 fully saturated rings. The highest BCUT2D eigenvalue weighted by Crippen LogP contribution is 2.26. The fourth-order valence-corrected chi connectivity index (χ4v) is 4.88. The first-order valence-corrected chi connectivity index (χ1v) is 11.1. The van der Waals surface area contributed by atoms with Crippen LogP contribution in [0.5, 0.6) is 0 Å². The van der Waals surface area contributed by atoms with Crippen molar-refractivity contribution in [2.24, 2.45) is 0 Å². The molecule has 1 N–H and O–H groups in total. The van der Waals surface area contributed by atoms with E-state index in [9.17, 15) is 9.59 Å². The first-order valence-electron chi connectivity index (χ1n) is 9.08. The van der Waals surface area contributed by atoms with Crippen LogP contribution >= 0.6 is 34.9 Å². The monoisotopic (exact) mass is 434 g/mol. The average Bonchev–Trinajstić information content (AvgIpc) is 3.04. The van der Waals surface area contributed by atoms with E-state index in [1.165, 1.54) is 22.7 Å². The lowest BCUT2D eigenvalue weighted by Gasteiger charge is -2.23. The summed E-state index contributed by atoms with van der Waals surface area (Å²) >= 11 is 7.62. The minimum Gasteiger partial charge on any atom is -0.377 e. The molecule has 27 heavy (non-hydrogen) atoms. The number of nitrogens with zero attached hydrogens (tertiary/aromatic N) is 1. The molecule has 1 aliphatic rings. The lowest BCUT2D eigenvalue weighted by atomic mass is 10.3. The van der Waals surface area contributed by atoms with E-state index in [0.717, 1.165) is 12.8 Å². The van der Waals surface area contributed by atoms with Gasteiger partial charge in [-0.2, -0.15) is 0 Å². The van der Waals surface area contributed by atoms with Crippen molar-refractivity contribution in [2.45, 2.75) is 19.8 Å². The number of rotatable bonds is 5. The third-order valence-corrected chi connectivity index (χ3v) is 6.47. The molecule has 2 rings (SSSR count). The minimum absolute atomic E-state index is 0.200. The summed E-state index contributed by atoms with van der Waals surface area (Å²) in [4.78, 5) is 28.0. The molecule has 0 aliphatic carbocycles. The van der Waals surface area contributed by atoms with Crippen molar-refractivity contribution in [3.05, 3.63) is 12.9 Å². The first kappa shape index (κ1) is 22.4. The van der Waals surface area contributed by atoms with Crippen molar-refractivity contribution < 1.29 is 23.8 Å². The quantitative estimate of drug-likeness (QED) is 0.567. The van der Waals surface area contributed by atoms with E-state index in [4.69, 9.17) is 26.4 Å². The van der Waals surface area contributed by atoms with Crippen molar-refractivity contribution in [1.29, 1.82) is 0 Å². The molecule has 0 aromatic carbocycles. The Balaban J connectivity index is 2.08. The van der Waals surface area contributed by atoms with Gasteiger partial charge in [-0.25, -0.2) is 0 Å². The van der Waals surface area contributed by atoms with Crippen molar-refractivity contribution in [1.82, 2.24) is 10.2 Å². The van der Waals surface area contributed by atoms with Gasteiger partial charge < -0.3 is 24.4 Å². The van der Waals surface area contributed by atoms with Crippen LogP contribution in [0, 0.1) is 3.14 Å². The van der Waals surface area contributed by atoms with E-state index in [0.29, 0.717) is 72.2 Å². The zero-order chi connectivity index (χ0) is 19.5. The second kappa shape index (κ2) is 12.5. The van der Waals surface area contributed by atoms with E-state index in [-0.39, 0.29) is 11.8 Å². The number of nitrogens with one attached hydrogen (secondary N) is 1. The zero-order valence-corrected chi connectivity index (χ0v) is 17.9. The van der Waals surface area contributed by atoms with Crippen molar-refractivity contribution in [3.63, 3.8) is 0 Å². The third kappa shape index (κ3) is 7.55. The SMILES string of the molecule is CCCCNC(=O)c1sc(=S)sc1C(=O)N1CCOCCOCCOCC1. The van der Waals surface area contributed by atoms with Gasteiger partial charge in [-0.05, 0) is 6.42 Å². The summed E-state index contributed by atoms with van der Waals surface area (Å²) in [5.74, 6) is -0.434. The van der Waals surface area contributed by atoms with E-state index >= 15 is 0 Å². The molecule has 7 nitrogen and oxygen atoms in total. The number of hydrogen-bond acceptors (Lipinski definition) is 8. The Hall–Kier alpha value is -0.910. The molecule has 10 heteroatoms. The second-order valence-corrected chi connectivity index (χ2v) is 9.08. The molecule has 1 aliphatic heterocycles. The van der Waals surface area contributed by atoms with Gasteiger partial charge in [0.15, 0.2) is 0 Å².